The second kappa shape index (κ2) is 12.1. The molecule has 218 valence electrons. The van der Waals surface area contributed by atoms with Crippen LogP contribution in [0.5, 0.6) is 0 Å². The number of anilines is 1. The van der Waals surface area contributed by atoms with Crippen molar-refractivity contribution in [2.45, 2.75) is 60.9 Å². The van der Waals surface area contributed by atoms with Gasteiger partial charge in [0.1, 0.15) is 12.1 Å². The van der Waals surface area contributed by atoms with Crippen molar-refractivity contribution in [2.24, 2.45) is 0 Å². The van der Waals surface area contributed by atoms with Gasteiger partial charge in [0.15, 0.2) is 0 Å². The third-order valence-corrected chi connectivity index (χ3v) is 9.91. The van der Waals surface area contributed by atoms with Crippen LogP contribution in [0.25, 0.3) is 10.9 Å². The molecule has 41 heavy (non-hydrogen) atoms. The maximum absolute atomic E-state index is 13.3. The number of hydrogen-bond donors (Lipinski definition) is 2. The summed E-state index contributed by atoms with van der Waals surface area (Å²) in [6.45, 7) is 3.08. The van der Waals surface area contributed by atoms with Gasteiger partial charge in [0.2, 0.25) is 5.91 Å². The Labute approximate surface area is 240 Å². The van der Waals surface area contributed by atoms with Gasteiger partial charge in [-0.05, 0) is 67.5 Å². The minimum atomic E-state index is -4.49. The molecule has 12 heteroatoms. The molecule has 8 nitrogen and oxygen atoms in total. The highest BCUT2D eigenvalue weighted by Crippen LogP contribution is 2.45. The number of halogens is 3. The van der Waals surface area contributed by atoms with Crippen LogP contribution in [-0.2, 0) is 22.1 Å². The molecule has 3 aromatic rings. The van der Waals surface area contributed by atoms with Crippen LogP contribution in [0, 0.1) is 0 Å². The molecular weight excluding hydrogens is 553 g/mol. The zero-order valence-electron chi connectivity index (χ0n) is 22.6. The first kappa shape index (κ1) is 28.2. The molecule has 2 aromatic heterocycles. The van der Waals surface area contributed by atoms with Crippen molar-refractivity contribution in [2.75, 3.05) is 38.2 Å². The van der Waals surface area contributed by atoms with Gasteiger partial charge in [0.25, 0.3) is 0 Å². The van der Waals surface area contributed by atoms with Crippen LogP contribution in [0.3, 0.4) is 0 Å². The van der Waals surface area contributed by atoms with E-state index >= 15 is 0 Å². The summed E-state index contributed by atoms with van der Waals surface area (Å²) in [5, 5.41) is 6.95. The molecule has 0 spiro atoms. The lowest BCUT2D eigenvalue weighted by Crippen LogP contribution is -2.44. The van der Waals surface area contributed by atoms with Gasteiger partial charge in [-0.3, -0.25) is 14.7 Å². The Kier molecular flexibility index (Phi) is 8.32. The van der Waals surface area contributed by atoms with Crippen molar-refractivity contribution in [1.82, 2.24) is 25.2 Å². The number of likely N-dealkylation sites (tertiary alicyclic amines) is 1. The molecule has 2 aliphatic heterocycles. The van der Waals surface area contributed by atoms with E-state index in [9.17, 15) is 18.0 Å². The summed E-state index contributed by atoms with van der Waals surface area (Å²) in [6.07, 6.45) is 5.80. The highest BCUT2D eigenvalue weighted by molar-refractivity contribution is 8.00. The Hall–Kier alpha value is -2.96. The fourth-order valence-corrected chi connectivity index (χ4v) is 7.83. The predicted octanol–water partition coefficient (Wildman–Crippen LogP) is 4.61. The van der Waals surface area contributed by atoms with Gasteiger partial charge < -0.3 is 15.4 Å². The first-order chi connectivity index (χ1) is 19.8. The van der Waals surface area contributed by atoms with Crippen molar-refractivity contribution >= 4 is 34.4 Å². The van der Waals surface area contributed by atoms with E-state index in [-0.39, 0.29) is 34.9 Å². The molecule has 0 radical (unpaired) electrons. The van der Waals surface area contributed by atoms with Gasteiger partial charge in [0.05, 0.1) is 23.7 Å². The number of rotatable bonds is 7. The Morgan fingerprint density at radius 3 is 2.90 bits per heavy atom. The summed E-state index contributed by atoms with van der Waals surface area (Å²) in [7, 11) is 0. The number of pyridine rings is 1. The van der Waals surface area contributed by atoms with Crippen molar-refractivity contribution in [3.63, 3.8) is 0 Å². The number of nitrogens with zero attached hydrogens (tertiary/aromatic N) is 4. The van der Waals surface area contributed by atoms with Crippen molar-refractivity contribution in [3.8, 4) is 0 Å². The number of aromatic nitrogens is 3. The fraction of sp³-hybridized carbons (Fsp3) is 0.517. The number of alkyl halides is 3. The van der Waals surface area contributed by atoms with E-state index in [0.717, 1.165) is 70.5 Å². The molecule has 3 unspecified atom stereocenters. The van der Waals surface area contributed by atoms with Crippen LogP contribution in [-0.4, -0.2) is 75.9 Å². The molecule has 4 heterocycles. The summed E-state index contributed by atoms with van der Waals surface area (Å²) in [6, 6.07) is 5.79. The largest absolute Gasteiger partial charge is 0.416 e. The van der Waals surface area contributed by atoms with Gasteiger partial charge in [-0.1, -0.05) is 0 Å². The standard InChI is InChI=1S/C29H33F3N6O2S/c30-29(31,32)19-4-5-23-21(12-19)28(36-17-35-23)34-14-27(39)37-24-15-38(20-2-1-10-40-11-8-20)16-26(24)41-25-6-3-18-7-9-33-13-22(18)25/h4-5,7,9,12-13,17,20,24-26H,1-3,6,8,10-11,14-16H2,(H,37,39)(H,34,35,36)/t20?,24?,25?,26-/m0/s1. The smallest absolute Gasteiger partial charge is 0.381 e. The topological polar surface area (TPSA) is 92.3 Å². The molecule has 3 aliphatic rings. The van der Waals surface area contributed by atoms with Crippen LogP contribution in [0.1, 0.15) is 47.6 Å². The quantitative estimate of drug-likeness (QED) is 0.415. The van der Waals surface area contributed by atoms with Crippen LogP contribution >= 0.6 is 11.8 Å². The molecule has 2 N–H and O–H groups in total. The van der Waals surface area contributed by atoms with Gasteiger partial charge in [-0.2, -0.15) is 13.2 Å². The third kappa shape index (κ3) is 6.44. The second-order valence-electron chi connectivity index (χ2n) is 10.9. The summed E-state index contributed by atoms with van der Waals surface area (Å²) < 4.78 is 45.6. The molecule has 0 bridgehead atoms. The molecule has 1 aliphatic carbocycles. The third-order valence-electron chi connectivity index (χ3n) is 8.27. The molecule has 2 fully saturated rings. The van der Waals surface area contributed by atoms with Gasteiger partial charge in [-0.15, -0.1) is 11.8 Å². The number of carbonyl (C=O) groups is 1. The summed E-state index contributed by atoms with van der Waals surface area (Å²) in [5.41, 5.74) is 2.23. The number of amides is 1. The average molecular weight is 587 g/mol. The molecule has 0 saturated carbocycles. The van der Waals surface area contributed by atoms with Crippen LogP contribution in [0.15, 0.2) is 43.0 Å². The molecule has 4 atom stereocenters. The second-order valence-corrected chi connectivity index (χ2v) is 12.4. The molecule has 6 rings (SSSR count). The van der Waals surface area contributed by atoms with Crippen molar-refractivity contribution in [3.05, 3.63) is 59.7 Å². The monoisotopic (exact) mass is 586 g/mol. The SMILES string of the molecule is O=C(CNc1ncnc2ccc(C(F)(F)F)cc12)NC1CN(C2CCCOCC2)C[C@@H]1SC1CCc2ccncc21. The van der Waals surface area contributed by atoms with E-state index in [2.05, 4.69) is 36.6 Å². The molecular formula is C29H33F3N6O2S. The Morgan fingerprint density at radius 1 is 1.12 bits per heavy atom. The zero-order chi connectivity index (χ0) is 28.4. The first-order valence-corrected chi connectivity index (χ1v) is 15.0. The molecule has 1 aromatic carbocycles. The number of thioether (sulfide) groups is 1. The number of ether oxygens (including phenoxy) is 1. The van der Waals surface area contributed by atoms with E-state index in [0.29, 0.717) is 16.8 Å². The number of nitrogens with one attached hydrogen (secondary N) is 2. The number of fused-ring (bicyclic) bond motifs is 2. The number of aryl methyl sites for hydroxylation is 1. The number of hydrogen-bond acceptors (Lipinski definition) is 8. The maximum atomic E-state index is 13.3. The van der Waals surface area contributed by atoms with Crippen LogP contribution < -0.4 is 10.6 Å². The zero-order valence-corrected chi connectivity index (χ0v) is 23.4. The maximum Gasteiger partial charge on any atom is 0.416 e. The van der Waals surface area contributed by atoms with Crippen LogP contribution in [0.2, 0.25) is 0 Å². The average Bonchev–Trinajstić information content (AvgIpc) is 3.44. The van der Waals surface area contributed by atoms with E-state index < -0.39 is 11.7 Å². The lowest BCUT2D eigenvalue weighted by atomic mass is 10.1. The summed E-state index contributed by atoms with van der Waals surface area (Å²) >= 11 is 1.93. The summed E-state index contributed by atoms with van der Waals surface area (Å²) in [4.78, 5) is 28.2. The van der Waals surface area contributed by atoms with Crippen LogP contribution in [0.4, 0.5) is 19.0 Å². The van der Waals surface area contributed by atoms with E-state index in [4.69, 9.17) is 4.74 Å². The van der Waals surface area contributed by atoms with Gasteiger partial charge in [-0.25, -0.2) is 9.97 Å². The Morgan fingerprint density at radius 2 is 2.02 bits per heavy atom. The molecule has 2 saturated heterocycles. The van der Waals surface area contributed by atoms with Crippen molar-refractivity contribution < 1.29 is 22.7 Å². The Balaban J connectivity index is 1.15. The lowest BCUT2D eigenvalue weighted by molar-refractivity contribution is -0.137. The highest BCUT2D eigenvalue weighted by Gasteiger charge is 2.40. The predicted molar refractivity (Wildman–Crippen MR) is 152 cm³/mol. The minimum Gasteiger partial charge on any atom is -0.381 e. The summed E-state index contributed by atoms with van der Waals surface area (Å²) in [5.74, 6) is -0.0254. The number of carbonyl (C=O) groups excluding carboxylic acids is 1. The number of benzene rings is 1. The van der Waals surface area contributed by atoms with E-state index in [1.807, 2.05) is 24.2 Å². The van der Waals surface area contributed by atoms with Crippen molar-refractivity contribution in [1.29, 1.82) is 0 Å². The fourth-order valence-electron chi connectivity index (χ4n) is 6.17. The minimum absolute atomic E-state index is 0.0573. The van der Waals surface area contributed by atoms with Gasteiger partial charge >= 0.3 is 6.18 Å². The molecule has 1 amide bonds. The normalized spacial score (nSPS) is 25.1. The lowest BCUT2D eigenvalue weighted by Gasteiger charge is -2.26. The highest BCUT2D eigenvalue weighted by atomic mass is 32.2. The first-order valence-electron chi connectivity index (χ1n) is 14.1. The van der Waals surface area contributed by atoms with E-state index in [1.54, 1.807) is 0 Å². The Bertz CT molecular complexity index is 1380. The van der Waals surface area contributed by atoms with Gasteiger partial charge in [0, 0.05) is 60.6 Å². The van der Waals surface area contributed by atoms with E-state index in [1.165, 1.54) is 23.5 Å².